The molecule has 1 heterocycles. The lowest BCUT2D eigenvalue weighted by molar-refractivity contribution is -0.222. The van der Waals surface area contributed by atoms with Crippen LogP contribution in [0.4, 0.5) is 0 Å². The number of ether oxygens (including phenoxy) is 4. The van der Waals surface area contributed by atoms with E-state index in [0.29, 0.717) is 0 Å². The molecule has 0 amide bonds. The number of aliphatic hydroxyl groups is 1. The van der Waals surface area contributed by atoms with Crippen molar-refractivity contribution < 1.29 is 38.4 Å². The van der Waals surface area contributed by atoms with Crippen molar-refractivity contribution in [3.63, 3.8) is 0 Å². The molecule has 114 valence electrons. The van der Waals surface area contributed by atoms with E-state index in [9.17, 15) is 19.5 Å². The molecule has 1 aliphatic heterocycles. The minimum Gasteiger partial charge on any atom is -0.464 e. The summed E-state index contributed by atoms with van der Waals surface area (Å²) in [4.78, 5) is 33.7. The van der Waals surface area contributed by atoms with Gasteiger partial charge >= 0.3 is 17.9 Å². The smallest absolute Gasteiger partial charge is 0.339 e. The molecule has 0 aromatic heterocycles. The van der Waals surface area contributed by atoms with Gasteiger partial charge in [0.05, 0.1) is 13.2 Å². The highest BCUT2D eigenvalue weighted by Crippen LogP contribution is 2.22. The molecule has 0 aromatic carbocycles. The Kier molecular flexibility index (Phi) is 5.90. The lowest BCUT2D eigenvalue weighted by Crippen LogP contribution is -2.58. The maximum atomic E-state index is 11.7. The maximum absolute atomic E-state index is 11.7. The van der Waals surface area contributed by atoms with Crippen LogP contribution in [0.5, 0.6) is 0 Å². The molecule has 0 radical (unpaired) electrons. The van der Waals surface area contributed by atoms with E-state index in [0.717, 1.165) is 6.92 Å². The van der Waals surface area contributed by atoms with Crippen molar-refractivity contribution in [3.05, 3.63) is 0 Å². The Bertz CT molecular complexity index is 380. The molecule has 0 saturated carbocycles. The average molecular weight is 290 g/mol. The summed E-state index contributed by atoms with van der Waals surface area (Å²) in [6, 6.07) is 0. The minimum absolute atomic E-state index is 0.120. The van der Waals surface area contributed by atoms with Crippen LogP contribution in [-0.2, 0) is 33.3 Å². The molecule has 0 unspecified atom stereocenters. The van der Waals surface area contributed by atoms with Crippen LogP contribution >= 0.6 is 0 Å². The SMILES string of the molecule is CCOC(=O)[C@@H]1OC[C@H](OC(C)=O)[C@H](O)[C@H]1OC(C)=O. The minimum atomic E-state index is -1.37. The molecule has 8 heteroatoms. The molecule has 1 N–H and O–H groups in total. The van der Waals surface area contributed by atoms with Gasteiger partial charge < -0.3 is 24.1 Å². The predicted molar refractivity (Wildman–Crippen MR) is 63.5 cm³/mol. The Labute approximate surface area is 115 Å². The third-order valence-electron chi connectivity index (χ3n) is 2.59. The van der Waals surface area contributed by atoms with E-state index in [1.54, 1.807) is 6.92 Å². The van der Waals surface area contributed by atoms with E-state index in [1.807, 2.05) is 0 Å². The van der Waals surface area contributed by atoms with Gasteiger partial charge in [0, 0.05) is 13.8 Å². The zero-order valence-electron chi connectivity index (χ0n) is 11.5. The first-order valence-corrected chi connectivity index (χ1v) is 6.17. The molecule has 20 heavy (non-hydrogen) atoms. The third-order valence-corrected chi connectivity index (χ3v) is 2.59. The second-order valence-corrected chi connectivity index (χ2v) is 4.22. The first-order chi connectivity index (χ1) is 9.36. The van der Waals surface area contributed by atoms with Crippen molar-refractivity contribution in [2.75, 3.05) is 13.2 Å². The number of hydrogen-bond acceptors (Lipinski definition) is 8. The highest BCUT2D eigenvalue weighted by Gasteiger charge is 2.47. The summed E-state index contributed by atoms with van der Waals surface area (Å²) in [5.41, 5.74) is 0. The Hall–Kier alpha value is -1.67. The van der Waals surface area contributed by atoms with E-state index in [4.69, 9.17) is 18.9 Å². The van der Waals surface area contributed by atoms with Crippen LogP contribution in [0.25, 0.3) is 0 Å². The largest absolute Gasteiger partial charge is 0.464 e. The number of aliphatic hydroxyl groups excluding tert-OH is 1. The second-order valence-electron chi connectivity index (χ2n) is 4.22. The summed E-state index contributed by atoms with van der Waals surface area (Å²) in [7, 11) is 0. The van der Waals surface area contributed by atoms with Crippen LogP contribution < -0.4 is 0 Å². The topological polar surface area (TPSA) is 108 Å². The molecule has 1 fully saturated rings. The second kappa shape index (κ2) is 7.20. The normalized spacial score (nSPS) is 29.4. The van der Waals surface area contributed by atoms with Gasteiger partial charge in [0.25, 0.3) is 0 Å². The van der Waals surface area contributed by atoms with Crippen molar-refractivity contribution >= 4 is 17.9 Å². The van der Waals surface area contributed by atoms with Gasteiger partial charge in [0.15, 0.2) is 18.3 Å². The van der Waals surface area contributed by atoms with Crippen molar-refractivity contribution in [1.29, 1.82) is 0 Å². The van der Waals surface area contributed by atoms with Gasteiger partial charge in [-0.3, -0.25) is 9.59 Å². The number of carbonyl (C=O) groups excluding carboxylic acids is 3. The molecule has 4 atom stereocenters. The summed E-state index contributed by atoms with van der Waals surface area (Å²) >= 11 is 0. The summed E-state index contributed by atoms with van der Waals surface area (Å²) in [6.07, 6.45) is -4.92. The summed E-state index contributed by atoms with van der Waals surface area (Å²) < 4.78 is 19.7. The molecule has 1 aliphatic rings. The fourth-order valence-corrected chi connectivity index (χ4v) is 1.85. The molecule has 1 rings (SSSR count). The molecule has 0 bridgehead atoms. The Morgan fingerprint density at radius 3 is 2.30 bits per heavy atom. The zero-order valence-corrected chi connectivity index (χ0v) is 11.5. The van der Waals surface area contributed by atoms with Crippen LogP contribution in [0.1, 0.15) is 20.8 Å². The molecule has 0 spiro atoms. The van der Waals surface area contributed by atoms with Gasteiger partial charge in [-0.2, -0.15) is 0 Å². The maximum Gasteiger partial charge on any atom is 0.339 e. The van der Waals surface area contributed by atoms with E-state index >= 15 is 0 Å². The lowest BCUT2D eigenvalue weighted by Gasteiger charge is -2.37. The molecular formula is C12H18O8. The molecule has 8 nitrogen and oxygen atoms in total. The fourth-order valence-electron chi connectivity index (χ4n) is 1.85. The first kappa shape index (κ1) is 16.4. The molecular weight excluding hydrogens is 272 g/mol. The standard InChI is InChI=1S/C12H18O8/c1-4-17-12(16)11-10(20-7(3)14)9(15)8(5-18-11)19-6(2)13/h8-11,15H,4-5H2,1-3H3/t8-,9-,10+,11+/m0/s1. The average Bonchev–Trinajstić information content (AvgIpc) is 2.33. The zero-order chi connectivity index (χ0) is 15.3. The van der Waals surface area contributed by atoms with Gasteiger partial charge in [-0.15, -0.1) is 0 Å². The quantitative estimate of drug-likeness (QED) is 0.528. The molecule has 0 aromatic rings. The van der Waals surface area contributed by atoms with Gasteiger partial charge in [-0.05, 0) is 6.92 Å². The van der Waals surface area contributed by atoms with E-state index < -0.39 is 42.3 Å². The first-order valence-electron chi connectivity index (χ1n) is 6.17. The Morgan fingerprint density at radius 1 is 1.20 bits per heavy atom. The summed E-state index contributed by atoms with van der Waals surface area (Å²) in [6.45, 7) is 3.84. The van der Waals surface area contributed by atoms with Crippen LogP contribution in [0.2, 0.25) is 0 Å². The molecule has 0 aliphatic carbocycles. The van der Waals surface area contributed by atoms with Crippen molar-refractivity contribution in [1.82, 2.24) is 0 Å². The lowest BCUT2D eigenvalue weighted by atomic mass is 9.99. The summed E-state index contributed by atoms with van der Waals surface area (Å²) in [5.74, 6) is -2.07. The van der Waals surface area contributed by atoms with Crippen molar-refractivity contribution in [3.8, 4) is 0 Å². The van der Waals surface area contributed by atoms with Gasteiger partial charge in [0.1, 0.15) is 6.10 Å². The van der Waals surface area contributed by atoms with Gasteiger partial charge in [-0.1, -0.05) is 0 Å². The highest BCUT2D eigenvalue weighted by molar-refractivity contribution is 5.77. The third kappa shape index (κ3) is 4.17. The van der Waals surface area contributed by atoms with E-state index in [-0.39, 0.29) is 13.2 Å². The number of esters is 3. The van der Waals surface area contributed by atoms with Crippen molar-refractivity contribution in [2.45, 2.75) is 45.2 Å². The van der Waals surface area contributed by atoms with Crippen LogP contribution in [0.3, 0.4) is 0 Å². The van der Waals surface area contributed by atoms with Crippen LogP contribution in [0, 0.1) is 0 Å². The fraction of sp³-hybridized carbons (Fsp3) is 0.750. The van der Waals surface area contributed by atoms with Crippen LogP contribution in [-0.4, -0.2) is 60.6 Å². The molecule has 1 saturated heterocycles. The van der Waals surface area contributed by atoms with Crippen molar-refractivity contribution in [2.24, 2.45) is 0 Å². The Morgan fingerprint density at radius 2 is 1.80 bits per heavy atom. The van der Waals surface area contributed by atoms with Gasteiger partial charge in [0.2, 0.25) is 0 Å². The number of hydrogen-bond donors (Lipinski definition) is 1. The number of carbonyl (C=O) groups is 3. The highest BCUT2D eigenvalue weighted by atomic mass is 16.6. The predicted octanol–water partition coefficient (Wildman–Crippen LogP) is -0.827. The monoisotopic (exact) mass is 290 g/mol. The van der Waals surface area contributed by atoms with Crippen LogP contribution in [0.15, 0.2) is 0 Å². The van der Waals surface area contributed by atoms with E-state index in [2.05, 4.69) is 0 Å². The number of rotatable bonds is 4. The Balaban J connectivity index is 2.85. The summed E-state index contributed by atoms with van der Waals surface area (Å²) in [5, 5.41) is 10.1. The van der Waals surface area contributed by atoms with Gasteiger partial charge in [-0.25, -0.2) is 4.79 Å². The van der Waals surface area contributed by atoms with E-state index in [1.165, 1.54) is 6.92 Å².